The van der Waals surface area contributed by atoms with Crippen LogP contribution in [0.15, 0.2) is 10.6 Å². The first-order valence-electron chi connectivity index (χ1n) is 5.67. The van der Waals surface area contributed by atoms with Gasteiger partial charge in [0.15, 0.2) is 5.69 Å². The van der Waals surface area contributed by atoms with Crippen LogP contribution >= 0.6 is 0 Å². The van der Waals surface area contributed by atoms with Crippen LogP contribution in [0.2, 0.25) is 0 Å². The Morgan fingerprint density at radius 3 is 2.68 bits per heavy atom. The third-order valence-corrected chi connectivity index (χ3v) is 2.24. The van der Waals surface area contributed by atoms with Crippen molar-refractivity contribution in [3.8, 4) is 0 Å². The standard InChI is InChI=1S/C11H15N3O5/c1-3-4-12-9(15)6-14(2)10(16)7-5-8(11(17)18)19-13-7/h5H,3-4,6H2,1-2H3,(H,12,15)(H,17,18). The largest absolute Gasteiger partial charge is 0.475 e. The van der Waals surface area contributed by atoms with E-state index in [0.29, 0.717) is 6.54 Å². The highest BCUT2D eigenvalue weighted by Crippen LogP contribution is 2.06. The van der Waals surface area contributed by atoms with Crippen LogP contribution in [0.4, 0.5) is 0 Å². The molecule has 0 aromatic carbocycles. The lowest BCUT2D eigenvalue weighted by Gasteiger charge is -2.14. The molecule has 0 aliphatic carbocycles. The van der Waals surface area contributed by atoms with Gasteiger partial charge in [-0.25, -0.2) is 4.79 Å². The highest BCUT2D eigenvalue weighted by molar-refractivity contribution is 5.96. The van der Waals surface area contributed by atoms with E-state index in [2.05, 4.69) is 15.0 Å². The summed E-state index contributed by atoms with van der Waals surface area (Å²) in [5, 5.41) is 14.6. The van der Waals surface area contributed by atoms with Gasteiger partial charge in [0.25, 0.3) is 5.91 Å². The second-order valence-corrected chi connectivity index (χ2v) is 3.89. The molecule has 19 heavy (non-hydrogen) atoms. The number of carbonyl (C=O) groups excluding carboxylic acids is 2. The Morgan fingerprint density at radius 1 is 1.47 bits per heavy atom. The van der Waals surface area contributed by atoms with E-state index in [9.17, 15) is 14.4 Å². The molecule has 1 aromatic heterocycles. The van der Waals surface area contributed by atoms with Crippen LogP contribution in [0.3, 0.4) is 0 Å². The summed E-state index contributed by atoms with van der Waals surface area (Å²) in [6, 6.07) is 1.02. The summed E-state index contributed by atoms with van der Waals surface area (Å²) in [6.07, 6.45) is 0.800. The summed E-state index contributed by atoms with van der Waals surface area (Å²) in [7, 11) is 1.42. The van der Waals surface area contributed by atoms with Crippen LogP contribution in [-0.2, 0) is 4.79 Å². The highest BCUT2D eigenvalue weighted by atomic mass is 16.5. The van der Waals surface area contributed by atoms with Gasteiger partial charge < -0.3 is 19.8 Å². The number of nitrogens with zero attached hydrogens (tertiary/aromatic N) is 2. The van der Waals surface area contributed by atoms with Gasteiger partial charge in [-0.15, -0.1) is 0 Å². The normalized spacial score (nSPS) is 10.0. The Bertz CT molecular complexity index is 482. The zero-order valence-corrected chi connectivity index (χ0v) is 10.7. The fraction of sp³-hybridized carbons (Fsp3) is 0.455. The molecule has 0 radical (unpaired) electrons. The predicted molar refractivity (Wildman–Crippen MR) is 63.7 cm³/mol. The SMILES string of the molecule is CCCNC(=O)CN(C)C(=O)c1cc(C(=O)O)on1. The van der Waals surface area contributed by atoms with Crippen LogP contribution in [0.25, 0.3) is 0 Å². The maximum Gasteiger partial charge on any atom is 0.374 e. The molecule has 2 N–H and O–H groups in total. The minimum absolute atomic E-state index is 0.131. The molecule has 0 unspecified atom stereocenters. The number of nitrogens with one attached hydrogen (secondary N) is 1. The minimum atomic E-state index is -1.31. The molecule has 8 nitrogen and oxygen atoms in total. The van der Waals surface area contributed by atoms with Crippen molar-refractivity contribution in [2.75, 3.05) is 20.1 Å². The zero-order valence-electron chi connectivity index (χ0n) is 10.7. The number of carboxylic acid groups (broad SMARTS) is 1. The molecule has 2 amide bonds. The summed E-state index contributed by atoms with van der Waals surface area (Å²) in [6.45, 7) is 2.32. The van der Waals surface area contributed by atoms with Crippen molar-refractivity contribution < 1.29 is 24.0 Å². The Morgan fingerprint density at radius 2 is 2.16 bits per heavy atom. The third kappa shape index (κ3) is 4.09. The molecule has 0 fully saturated rings. The Kier molecular flexibility index (Phi) is 5.04. The molecule has 0 aliphatic heterocycles. The number of carbonyl (C=O) groups is 3. The van der Waals surface area contributed by atoms with Crippen molar-refractivity contribution in [3.63, 3.8) is 0 Å². The Hall–Kier alpha value is -2.38. The second kappa shape index (κ2) is 6.53. The van der Waals surface area contributed by atoms with Crippen LogP contribution < -0.4 is 5.32 Å². The van der Waals surface area contributed by atoms with Crippen LogP contribution in [0.1, 0.15) is 34.4 Å². The summed E-state index contributed by atoms with van der Waals surface area (Å²) < 4.78 is 4.47. The van der Waals surface area contributed by atoms with E-state index < -0.39 is 17.6 Å². The van der Waals surface area contributed by atoms with E-state index in [1.807, 2.05) is 6.92 Å². The predicted octanol–water partition coefficient (Wildman–Crippen LogP) is -0.0290. The maximum absolute atomic E-state index is 11.8. The molecule has 0 spiro atoms. The molecule has 1 rings (SSSR count). The minimum Gasteiger partial charge on any atom is -0.475 e. The average Bonchev–Trinajstić information content (AvgIpc) is 2.84. The van der Waals surface area contributed by atoms with Gasteiger partial charge in [0.1, 0.15) is 0 Å². The van der Waals surface area contributed by atoms with Crippen LogP contribution in [-0.4, -0.2) is 53.1 Å². The zero-order chi connectivity index (χ0) is 14.4. The van der Waals surface area contributed by atoms with Crippen molar-refractivity contribution in [1.29, 1.82) is 0 Å². The molecular weight excluding hydrogens is 254 g/mol. The first kappa shape index (κ1) is 14.7. The number of likely N-dealkylation sites (N-methyl/N-ethyl adjacent to an activating group) is 1. The number of rotatable bonds is 6. The molecule has 0 aliphatic rings. The van der Waals surface area contributed by atoms with E-state index in [0.717, 1.165) is 17.4 Å². The molecule has 0 atom stereocenters. The molecular formula is C11H15N3O5. The molecule has 1 aromatic rings. The molecule has 104 valence electrons. The fourth-order valence-electron chi connectivity index (χ4n) is 1.28. The molecule has 8 heteroatoms. The van der Waals surface area contributed by atoms with Gasteiger partial charge in [0, 0.05) is 19.7 Å². The molecule has 0 bridgehead atoms. The van der Waals surface area contributed by atoms with Crippen molar-refractivity contribution in [3.05, 3.63) is 17.5 Å². The quantitative estimate of drug-likeness (QED) is 0.749. The topological polar surface area (TPSA) is 113 Å². The molecule has 0 saturated heterocycles. The maximum atomic E-state index is 11.8. The van der Waals surface area contributed by atoms with E-state index in [-0.39, 0.29) is 18.1 Å². The van der Waals surface area contributed by atoms with Gasteiger partial charge in [0.2, 0.25) is 11.7 Å². The summed E-state index contributed by atoms with van der Waals surface area (Å²) >= 11 is 0. The highest BCUT2D eigenvalue weighted by Gasteiger charge is 2.20. The second-order valence-electron chi connectivity index (χ2n) is 3.89. The number of aromatic carboxylic acids is 1. The van der Waals surface area contributed by atoms with Crippen molar-refractivity contribution in [2.24, 2.45) is 0 Å². The Labute approximate surface area is 109 Å². The van der Waals surface area contributed by atoms with Crippen LogP contribution in [0, 0.1) is 0 Å². The summed E-state index contributed by atoms with van der Waals surface area (Å²) in [4.78, 5) is 35.0. The van der Waals surface area contributed by atoms with E-state index >= 15 is 0 Å². The fourth-order valence-corrected chi connectivity index (χ4v) is 1.28. The number of hydrogen-bond acceptors (Lipinski definition) is 5. The Balaban J connectivity index is 2.60. The van der Waals surface area contributed by atoms with Crippen molar-refractivity contribution in [1.82, 2.24) is 15.4 Å². The van der Waals surface area contributed by atoms with Gasteiger partial charge >= 0.3 is 5.97 Å². The average molecular weight is 269 g/mol. The lowest BCUT2D eigenvalue weighted by molar-refractivity contribution is -0.121. The van der Waals surface area contributed by atoms with Gasteiger partial charge in [-0.05, 0) is 6.42 Å². The van der Waals surface area contributed by atoms with Crippen molar-refractivity contribution in [2.45, 2.75) is 13.3 Å². The lowest BCUT2D eigenvalue weighted by Crippen LogP contribution is -2.38. The van der Waals surface area contributed by atoms with Crippen LogP contribution in [0.5, 0.6) is 0 Å². The van der Waals surface area contributed by atoms with Gasteiger partial charge in [-0.2, -0.15) is 0 Å². The van der Waals surface area contributed by atoms with E-state index in [1.54, 1.807) is 0 Å². The lowest BCUT2D eigenvalue weighted by atomic mass is 10.3. The first-order valence-corrected chi connectivity index (χ1v) is 5.67. The smallest absolute Gasteiger partial charge is 0.374 e. The van der Waals surface area contributed by atoms with Gasteiger partial charge in [0.05, 0.1) is 6.54 Å². The van der Waals surface area contributed by atoms with Gasteiger partial charge in [-0.1, -0.05) is 12.1 Å². The third-order valence-electron chi connectivity index (χ3n) is 2.24. The number of hydrogen-bond donors (Lipinski definition) is 2. The number of amides is 2. The summed E-state index contributed by atoms with van der Waals surface area (Å²) in [5.74, 6) is -2.61. The molecule has 0 saturated carbocycles. The number of carboxylic acids is 1. The van der Waals surface area contributed by atoms with Gasteiger partial charge in [-0.3, -0.25) is 9.59 Å². The first-order chi connectivity index (χ1) is 8.95. The monoisotopic (exact) mass is 269 g/mol. The summed E-state index contributed by atoms with van der Waals surface area (Å²) in [5.41, 5.74) is -0.150. The number of aromatic nitrogens is 1. The molecule has 1 heterocycles. The van der Waals surface area contributed by atoms with E-state index in [4.69, 9.17) is 5.11 Å². The van der Waals surface area contributed by atoms with Crippen molar-refractivity contribution >= 4 is 17.8 Å². The van der Waals surface area contributed by atoms with E-state index in [1.165, 1.54) is 7.05 Å².